The Hall–Kier alpha value is -2.01. The zero-order valence-corrected chi connectivity index (χ0v) is 11.4. The maximum absolute atomic E-state index is 11.6. The van der Waals surface area contributed by atoms with Crippen molar-refractivity contribution in [3.05, 3.63) is 47.0 Å². The summed E-state index contributed by atoms with van der Waals surface area (Å²) in [5.74, 6) is -0.469. The summed E-state index contributed by atoms with van der Waals surface area (Å²) < 4.78 is 23.2. The number of pyridine rings is 1. The molecule has 2 aromatic rings. The molecule has 0 radical (unpaired) electrons. The number of hydrogen-bond donors (Lipinski definition) is 0. The fraction of sp³-hybridized carbons (Fsp3) is 0.143. The van der Waals surface area contributed by atoms with Crippen molar-refractivity contribution in [3.63, 3.8) is 0 Å². The number of para-hydroxylation sites is 1. The first-order valence-corrected chi connectivity index (χ1v) is 7.55. The van der Waals surface area contributed by atoms with E-state index < -0.39 is 15.6 Å². The fourth-order valence-corrected chi connectivity index (χ4v) is 2.72. The highest BCUT2D eigenvalue weighted by Gasteiger charge is 2.16. The first kappa shape index (κ1) is 13.4. The van der Waals surface area contributed by atoms with Gasteiger partial charge in [-0.1, -0.05) is 18.2 Å². The molecule has 0 aliphatic heterocycles. The molecule has 1 aromatic heterocycles. The smallest absolute Gasteiger partial charge is 0.179 e. The van der Waals surface area contributed by atoms with Crippen LogP contribution >= 0.6 is 0 Å². The van der Waals surface area contributed by atoms with E-state index in [0.29, 0.717) is 5.56 Å². The summed E-state index contributed by atoms with van der Waals surface area (Å²) in [6, 6.07) is 9.06. The van der Waals surface area contributed by atoms with Crippen LogP contribution < -0.4 is 0 Å². The average Bonchev–Trinajstić information content (AvgIpc) is 2.34. The second-order valence-corrected chi connectivity index (χ2v) is 6.24. The van der Waals surface area contributed by atoms with Crippen LogP contribution in [0.4, 0.5) is 0 Å². The lowest BCUT2D eigenvalue weighted by Gasteiger charge is -2.04. The van der Waals surface area contributed by atoms with Crippen molar-refractivity contribution in [2.24, 2.45) is 0 Å². The lowest BCUT2D eigenvalue weighted by atomic mass is 10.1. The SMILES string of the molecule is CC(=O)C(=Cc1ccnc2ccccc12)S(C)(=O)=O. The Labute approximate surface area is 111 Å². The molecule has 5 heteroatoms. The number of Topliss-reactive ketones (excluding diaryl/α,β-unsaturated/α-hetero) is 1. The molecule has 0 N–H and O–H groups in total. The van der Waals surface area contributed by atoms with Crippen molar-refractivity contribution in [1.82, 2.24) is 4.98 Å². The van der Waals surface area contributed by atoms with Crippen LogP contribution in [0.25, 0.3) is 17.0 Å². The van der Waals surface area contributed by atoms with Crippen LogP contribution in [0.2, 0.25) is 0 Å². The predicted molar refractivity (Wildman–Crippen MR) is 75.2 cm³/mol. The van der Waals surface area contributed by atoms with Gasteiger partial charge in [0.1, 0.15) is 4.91 Å². The molecule has 0 bridgehead atoms. The van der Waals surface area contributed by atoms with Crippen LogP contribution in [-0.4, -0.2) is 25.4 Å². The van der Waals surface area contributed by atoms with Crippen molar-refractivity contribution in [2.45, 2.75) is 6.92 Å². The number of fused-ring (bicyclic) bond motifs is 1. The van der Waals surface area contributed by atoms with E-state index in [0.717, 1.165) is 17.2 Å². The number of carbonyl (C=O) groups excluding carboxylic acids is 1. The van der Waals surface area contributed by atoms with Crippen LogP contribution in [0, 0.1) is 0 Å². The van der Waals surface area contributed by atoms with Crippen molar-refractivity contribution in [3.8, 4) is 0 Å². The van der Waals surface area contributed by atoms with Gasteiger partial charge in [0.25, 0.3) is 0 Å². The molecule has 0 amide bonds. The Kier molecular flexibility index (Phi) is 3.48. The Morgan fingerprint density at radius 3 is 2.53 bits per heavy atom. The molecule has 0 unspecified atom stereocenters. The zero-order valence-electron chi connectivity index (χ0n) is 10.6. The monoisotopic (exact) mass is 275 g/mol. The zero-order chi connectivity index (χ0) is 14.0. The lowest BCUT2D eigenvalue weighted by Crippen LogP contribution is -2.08. The van der Waals surface area contributed by atoms with E-state index in [1.54, 1.807) is 12.3 Å². The minimum Gasteiger partial charge on any atom is -0.294 e. The van der Waals surface area contributed by atoms with Crippen LogP contribution in [0.5, 0.6) is 0 Å². The summed E-state index contributed by atoms with van der Waals surface area (Å²) in [5.41, 5.74) is 1.42. The first-order chi connectivity index (χ1) is 8.89. The minimum atomic E-state index is -3.54. The molecule has 1 heterocycles. The van der Waals surface area contributed by atoms with Gasteiger partial charge in [0.05, 0.1) is 5.52 Å². The Morgan fingerprint density at radius 2 is 1.89 bits per heavy atom. The number of sulfone groups is 1. The first-order valence-electron chi connectivity index (χ1n) is 5.66. The summed E-state index contributed by atoms with van der Waals surface area (Å²) >= 11 is 0. The number of ketones is 1. The molecule has 19 heavy (non-hydrogen) atoms. The topological polar surface area (TPSA) is 64.1 Å². The molecule has 0 atom stereocenters. The molecule has 0 fully saturated rings. The molecule has 2 rings (SSSR count). The van der Waals surface area contributed by atoms with E-state index >= 15 is 0 Å². The standard InChI is InChI=1S/C14H13NO3S/c1-10(16)14(19(2,17)18)9-11-7-8-15-13-6-4-3-5-12(11)13/h3-9H,1-2H3. The van der Waals surface area contributed by atoms with E-state index in [9.17, 15) is 13.2 Å². The number of hydrogen-bond acceptors (Lipinski definition) is 4. The maximum Gasteiger partial charge on any atom is 0.179 e. The third-order valence-electron chi connectivity index (χ3n) is 2.72. The summed E-state index contributed by atoms with van der Waals surface area (Å²) in [6.07, 6.45) is 4.03. The molecule has 0 spiro atoms. The highest BCUT2D eigenvalue weighted by molar-refractivity contribution is 7.95. The number of carbonyl (C=O) groups is 1. The number of allylic oxidation sites excluding steroid dienone is 1. The van der Waals surface area contributed by atoms with E-state index in [2.05, 4.69) is 4.98 Å². The summed E-state index contributed by atoms with van der Waals surface area (Å²) in [4.78, 5) is 15.5. The van der Waals surface area contributed by atoms with Gasteiger partial charge >= 0.3 is 0 Å². The summed E-state index contributed by atoms with van der Waals surface area (Å²) in [6.45, 7) is 1.25. The third kappa shape index (κ3) is 2.88. The van der Waals surface area contributed by atoms with Crippen LogP contribution in [0.3, 0.4) is 0 Å². The quantitative estimate of drug-likeness (QED) is 0.806. The van der Waals surface area contributed by atoms with Gasteiger partial charge in [0, 0.05) is 17.8 Å². The van der Waals surface area contributed by atoms with Crippen molar-refractivity contribution >= 4 is 32.6 Å². The lowest BCUT2D eigenvalue weighted by molar-refractivity contribution is -0.112. The minimum absolute atomic E-state index is 0.191. The van der Waals surface area contributed by atoms with E-state index in [1.165, 1.54) is 13.0 Å². The molecular formula is C14H13NO3S. The molecule has 0 aliphatic rings. The van der Waals surface area contributed by atoms with Crippen LogP contribution in [-0.2, 0) is 14.6 Å². The average molecular weight is 275 g/mol. The van der Waals surface area contributed by atoms with Gasteiger partial charge in [-0.2, -0.15) is 0 Å². The van der Waals surface area contributed by atoms with Gasteiger partial charge in [-0.05, 0) is 30.7 Å². The molecule has 0 aliphatic carbocycles. The summed E-state index contributed by atoms with van der Waals surface area (Å²) in [5, 5.41) is 0.812. The Morgan fingerprint density at radius 1 is 1.21 bits per heavy atom. The van der Waals surface area contributed by atoms with Crippen LogP contribution in [0.1, 0.15) is 12.5 Å². The molecule has 0 saturated heterocycles. The Bertz CT molecular complexity index is 771. The van der Waals surface area contributed by atoms with Gasteiger partial charge in [-0.3, -0.25) is 9.78 Å². The van der Waals surface area contributed by atoms with Crippen molar-refractivity contribution < 1.29 is 13.2 Å². The second kappa shape index (κ2) is 4.93. The highest BCUT2D eigenvalue weighted by Crippen LogP contribution is 2.20. The highest BCUT2D eigenvalue weighted by atomic mass is 32.2. The van der Waals surface area contributed by atoms with Crippen molar-refractivity contribution in [1.29, 1.82) is 0 Å². The van der Waals surface area contributed by atoms with E-state index in [4.69, 9.17) is 0 Å². The normalized spacial score (nSPS) is 12.6. The van der Waals surface area contributed by atoms with Gasteiger partial charge in [0.15, 0.2) is 15.6 Å². The molecular weight excluding hydrogens is 262 g/mol. The largest absolute Gasteiger partial charge is 0.294 e. The second-order valence-electron chi connectivity index (χ2n) is 4.25. The van der Waals surface area contributed by atoms with Gasteiger partial charge in [-0.15, -0.1) is 0 Å². The van der Waals surface area contributed by atoms with Crippen LogP contribution in [0.15, 0.2) is 41.4 Å². The number of rotatable bonds is 3. The number of aromatic nitrogens is 1. The molecule has 0 saturated carbocycles. The van der Waals surface area contributed by atoms with Gasteiger partial charge in [-0.25, -0.2) is 8.42 Å². The third-order valence-corrected chi connectivity index (χ3v) is 3.92. The van der Waals surface area contributed by atoms with E-state index in [-0.39, 0.29) is 4.91 Å². The molecule has 1 aromatic carbocycles. The van der Waals surface area contributed by atoms with Gasteiger partial charge < -0.3 is 0 Å². The molecule has 98 valence electrons. The number of benzene rings is 1. The van der Waals surface area contributed by atoms with Gasteiger partial charge in [0.2, 0.25) is 0 Å². The number of nitrogens with zero attached hydrogens (tertiary/aromatic N) is 1. The summed E-state index contributed by atoms with van der Waals surface area (Å²) in [7, 11) is -3.54. The molecule has 4 nitrogen and oxygen atoms in total. The fourth-order valence-electron chi connectivity index (χ4n) is 1.85. The van der Waals surface area contributed by atoms with Crippen molar-refractivity contribution in [2.75, 3.05) is 6.26 Å². The maximum atomic E-state index is 11.6. The Balaban J connectivity index is 2.72. The predicted octanol–water partition coefficient (Wildman–Crippen LogP) is 2.21. The van der Waals surface area contributed by atoms with E-state index in [1.807, 2.05) is 24.3 Å².